The van der Waals surface area contributed by atoms with Crippen molar-refractivity contribution in [1.29, 1.82) is 0 Å². The molecule has 0 bridgehead atoms. The van der Waals surface area contributed by atoms with Gasteiger partial charge in [-0.15, -0.1) is 11.3 Å². The number of rotatable bonds is 3. The highest BCUT2D eigenvalue weighted by Crippen LogP contribution is 2.28. The van der Waals surface area contributed by atoms with Crippen molar-refractivity contribution in [1.82, 2.24) is 14.7 Å². The van der Waals surface area contributed by atoms with Crippen molar-refractivity contribution in [2.24, 2.45) is 0 Å². The average molecular weight is 334 g/mol. The highest BCUT2D eigenvalue weighted by atomic mass is 32.1. The molecule has 1 amide bonds. The third-order valence-electron chi connectivity index (χ3n) is 5.65. The van der Waals surface area contributed by atoms with Crippen molar-refractivity contribution in [3.05, 3.63) is 21.9 Å². The fourth-order valence-electron chi connectivity index (χ4n) is 4.01. The van der Waals surface area contributed by atoms with Crippen LogP contribution in [0, 0.1) is 0 Å². The summed E-state index contributed by atoms with van der Waals surface area (Å²) in [6, 6.07) is 3.05. The second-order valence-electron chi connectivity index (χ2n) is 7.21. The Kier molecular flexibility index (Phi) is 4.43. The molecule has 3 aliphatic rings. The van der Waals surface area contributed by atoms with Crippen molar-refractivity contribution in [2.75, 3.05) is 32.7 Å². The standard InChI is InChI=1S/C18H27N3OS/c1-14(19-7-2-8-20(11-10-19)16-3-4-16)18(22)21-9-5-17-15(13-21)6-12-23-17/h6,12,14,16H,2-5,7-11,13H2,1H3/t14-/m0/s1. The van der Waals surface area contributed by atoms with Gasteiger partial charge in [0.05, 0.1) is 6.04 Å². The largest absolute Gasteiger partial charge is 0.337 e. The van der Waals surface area contributed by atoms with Gasteiger partial charge in [0.25, 0.3) is 0 Å². The molecule has 1 saturated carbocycles. The Labute approximate surface area is 143 Å². The van der Waals surface area contributed by atoms with Crippen LogP contribution >= 0.6 is 11.3 Å². The number of nitrogens with zero attached hydrogens (tertiary/aromatic N) is 3. The Bertz CT molecular complexity index is 568. The van der Waals surface area contributed by atoms with Crippen LogP contribution in [0.2, 0.25) is 0 Å². The van der Waals surface area contributed by atoms with Gasteiger partial charge in [0.1, 0.15) is 0 Å². The Hall–Kier alpha value is -0.910. The average Bonchev–Trinajstić information content (AvgIpc) is 3.34. The first-order valence-corrected chi connectivity index (χ1v) is 9.92. The van der Waals surface area contributed by atoms with E-state index in [2.05, 4.69) is 33.1 Å². The maximum absolute atomic E-state index is 12.9. The smallest absolute Gasteiger partial charge is 0.239 e. The molecule has 1 atom stereocenters. The van der Waals surface area contributed by atoms with Gasteiger partial charge in [0, 0.05) is 43.6 Å². The molecule has 0 radical (unpaired) electrons. The molecular weight excluding hydrogens is 306 g/mol. The predicted molar refractivity (Wildman–Crippen MR) is 93.7 cm³/mol. The number of hydrogen-bond acceptors (Lipinski definition) is 4. The summed E-state index contributed by atoms with van der Waals surface area (Å²) >= 11 is 1.83. The molecule has 0 N–H and O–H groups in total. The first-order valence-electron chi connectivity index (χ1n) is 9.04. The van der Waals surface area contributed by atoms with Gasteiger partial charge in [0.15, 0.2) is 0 Å². The van der Waals surface area contributed by atoms with Crippen molar-refractivity contribution >= 4 is 17.2 Å². The van der Waals surface area contributed by atoms with E-state index in [1.807, 2.05) is 11.3 Å². The summed E-state index contributed by atoms with van der Waals surface area (Å²) in [5.74, 6) is 0.321. The molecule has 2 aliphatic heterocycles. The first-order chi connectivity index (χ1) is 11.2. The zero-order valence-corrected chi connectivity index (χ0v) is 14.9. The van der Waals surface area contributed by atoms with E-state index in [9.17, 15) is 4.79 Å². The van der Waals surface area contributed by atoms with Crippen LogP contribution in [0.15, 0.2) is 11.4 Å². The molecule has 3 heterocycles. The second kappa shape index (κ2) is 6.54. The Balaban J connectivity index is 1.36. The van der Waals surface area contributed by atoms with Crippen molar-refractivity contribution in [3.63, 3.8) is 0 Å². The molecule has 0 aromatic carbocycles. The zero-order valence-electron chi connectivity index (χ0n) is 14.0. The van der Waals surface area contributed by atoms with Crippen LogP contribution in [-0.4, -0.2) is 65.4 Å². The van der Waals surface area contributed by atoms with E-state index in [0.29, 0.717) is 5.91 Å². The minimum atomic E-state index is 0.0225. The lowest BCUT2D eigenvalue weighted by Crippen LogP contribution is -2.49. The minimum absolute atomic E-state index is 0.0225. The van der Waals surface area contributed by atoms with Gasteiger partial charge in [-0.2, -0.15) is 0 Å². The fraction of sp³-hybridized carbons (Fsp3) is 0.722. The van der Waals surface area contributed by atoms with Crippen molar-refractivity contribution < 1.29 is 4.79 Å². The quantitative estimate of drug-likeness (QED) is 0.848. The summed E-state index contributed by atoms with van der Waals surface area (Å²) < 4.78 is 0. The SMILES string of the molecule is C[C@@H](C(=O)N1CCc2sccc2C1)N1CCCN(C2CC2)CC1. The number of hydrogen-bond donors (Lipinski definition) is 0. The molecule has 126 valence electrons. The van der Waals surface area contributed by atoms with Gasteiger partial charge >= 0.3 is 0 Å². The van der Waals surface area contributed by atoms with Crippen LogP contribution in [0.3, 0.4) is 0 Å². The van der Waals surface area contributed by atoms with E-state index in [1.54, 1.807) is 0 Å². The topological polar surface area (TPSA) is 26.8 Å². The summed E-state index contributed by atoms with van der Waals surface area (Å²) in [5, 5.41) is 2.16. The Morgan fingerprint density at radius 1 is 1.22 bits per heavy atom. The van der Waals surface area contributed by atoms with E-state index in [0.717, 1.165) is 45.2 Å². The van der Waals surface area contributed by atoms with Crippen LogP contribution in [0.5, 0.6) is 0 Å². The molecule has 4 nitrogen and oxygen atoms in total. The lowest BCUT2D eigenvalue weighted by atomic mass is 10.1. The van der Waals surface area contributed by atoms with Crippen LogP contribution in [0.4, 0.5) is 0 Å². The molecule has 5 heteroatoms. The zero-order chi connectivity index (χ0) is 15.8. The highest BCUT2D eigenvalue weighted by Gasteiger charge is 2.33. The van der Waals surface area contributed by atoms with E-state index in [4.69, 9.17) is 0 Å². The van der Waals surface area contributed by atoms with Gasteiger partial charge in [-0.1, -0.05) is 0 Å². The minimum Gasteiger partial charge on any atom is -0.337 e. The number of thiophene rings is 1. The summed E-state index contributed by atoms with van der Waals surface area (Å²) in [5.41, 5.74) is 1.36. The number of amides is 1. The lowest BCUT2D eigenvalue weighted by molar-refractivity contribution is -0.137. The molecule has 1 aromatic rings. The summed E-state index contributed by atoms with van der Waals surface area (Å²) in [4.78, 5) is 21.5. The highest BCUT2D eigenvalue weighted by molar-refractivity contribution is 7.10. The third kappa shape index (κ3) is 3.32. The summed E-state index contributed by atoms with van der Waals surface area (Å²) in [7, 11) is 0. The maximum atomic E-state index is 12.9. The van der Waals surface area contributed by atoms with Crippen LogP contribution in [0.1, 0.15) is 36.6 Å². The molecule has 4 rings (SSSR count). The molecule has 1 aliphatic carbocycles. The van der Waals surface area contributed by atoms with E-state index >= 15 is 0 Å². The normalized spacial score (nSPS) is 25.0. The van der Waals surface area contributed by atoms with Gasteiger partial charge in [-0.25, -0.2) is 0 Å². The molecule has 1 aromatic heterocycles. The molecule has 23 heavy (non-hydrogen) atoms. The van der Waals surface area contributed by atoms with E-state index in [1.165, 1.54) is 36.2 Å². The van der Waals surface area contributed by atoms with Crippen LogP contribution in [0.25, 0.3) is 0 Å². The van der Waals surface area contributed by atoms with Gasteiger partial charge in [-0.05, 0) is 56.2 Å². The van der Waals surface area contributed by atoms with Crippen molar-refractivity contribution in [2.45, 2.75) is 51.2 Å². The molecule has 1 saturated heterocycles. The number of carbonyl (C=O) groups excluding carboxylic acids is 1. The second-order valence-corrected chi connectivity index (χ2v) is 8.21. The van der Waals surface area contributed by atoms with Crippen LogP contribution < -0.4 is 0 Å². The first kappa shape index (κ1) is 15.6. The van der Waals surface area contributed by atoms with Crippen molar-refractivity contribution in [3.8, 4) is 0 Å². The Morgan fingerprint density at radius 2 is 2.09 bits per heavy atom. The third-order valence-corrected chi connectivity index (χ3v) is 6.68. The van der Waals surface area contributed by atoms with Gasteiger partial charge < -0.3 is 4.90 Å². The van der Waals surface area contributed by atoms with Gasteiger partial charge in [-0.3, -0.25) is 14.6 Å². The molecule has 0 spiro atoms. The maximum Gasteiger partial charge on any atom is 0.239 e. The molecular formula is C18H27N3OS. The van der Waals surface area contributed by atoms with Crippen LogP contribution in [-0.2, 0) is 17.8 Å². The van der Waals surface area contributed by atoms with E-state index < -0.39 is 0 Å². The molecule has 2 fully saturated rings. The van der Waals surface area contributed by atoms with E-state index in [-0.39, 0.29) is 6.04 Å². The summed E-state index contributed by atoms with van der Waals surface area (Å²) in [6.45, 7) is 8.26. The molecule has 0 unspecified atom stereocenters. The Morgan fingerprint density at radius 3 is 2.91 bits per heavy atom. The predicted octanol–water partition coefficient (Wildman–Crippen LogP) is 2.19. The van der Waals surface area contributed by atoms with Gasteiger partial charge in [0.2, 0.25) is 5.91 Å². The number of carbonyl (C=O) groups is 1. The summed E-state index contributed by atoms with van der Waals surface area (Å²) in [6.07, 6.45) is 4.99. The fourth-order valence-corrected chi connectivity index (χ4v) is 4.90. The monoisotopic (exact) mass is 333 g/mol. The lowest BCUT2D eigenvalue weighted by Gasteiger charge is -2.34. The number of fused-ring (bicyclic) bond motifs is 1.